The fourth-order valence-electron chi connectivity index (χ4n) is 1.54. The molecule has 1 aromatic rings. The summed E-state index contributed by atoms with van der Waals surface area (Å²) in [4.78, 5) is 0. The highest BCUT2D eigenvalue weighted by Gasteiger charge is 2.01. The van der Waals surface area contributed by atoms with Crippen LogP contribution in [-0.4, -0.2) is 4.57 Å². The number of aryl methyl sites for hydroxylation is 2. The van der Waals surface area contributed by atoms with Crippen molar-refractivity contribution in [1.82, 2.24) is 4.57 Å². The van der Waals surface area contributed by atoms with Crippen molar-refractivity contribution in [1.29, 1.82) is 0 Å². The minimum Gasteiger partial charge on any atom is -0.237 e. The Morgan fingerprint density at radius 1 is 1.13 bits per heavy atom. The lowest BCUT2D eigenvalue weighted by molar-refractivity contribution is -0.696. The van der Waals surface area contributed by atoms with Gasteiger partial charge in [-0.1, -0.05) is 12.2 Å². The first-order chi connectivity index (χ1) is 7.36. The number of imidazole rings is 1. The van der Waals surface area contributed by atoms with Crippen molar-refractivity contribution < 1.29 is 4.57 Å². The average molecular weight is 205 g/mol. The summed E-state index contributed by atoms with van der Waals surface area (Å²) in [6.07, 6.45) is 14.9. The molecule has 0 radical (unpaired) electrons. The van der Waals surface area contributed by atoms with Crippen LogP contribution in [0.4, 0.5) is 0 Å². The Kier molecular flexibility index (Phi) is 5.52. The van der Waals surface area contributed by atoms with Gasteiger partial charge < -0.3 is 0 Å². The van der Waals surface area contributed by atoms with Gasteiger partial charge in [0, 0.05) is 0 Å². The lowest BCUT2D eigenvalue weighted by Gasteiger charge is -1.94. The van der Waals surface area contributed by atoms with Gasteiger partial charge in [0.1, 0.15) is 12.4 Å². The van der Waals surface area contributed by atoms with Gasteiger partial charge in [0.2, 0.25) is 6.33 Å². The number of nitrogens with zero attached hydrogens (tertiary/aromatic N) is 2. The van der Waals surface area contributed by atoms with E-state index in [4.69, 9.17) is 0 Å². The van der Waals surface area contributed by atoms with Gasteiger partial charge in [0.15, 0.2) is 0 Å². The van der Waals surface area contributed by atoms with E-state index in [-0.39, 0.29) is 0 Å². The van der Waals surface area contributed by atoms with Crippen LogP contribution in [0.25, 0.3) is 0 Å². The zero-order chi connectivity index (χ0) is 10.9. The lowest BCUT2D eigenvalue weighted by Crippen LogP contribution is -2.30. The molecule has 0 saturated heterocycles. The molecule has 2 nitrogen and oxygen atoms in total. The van der Waals surface area contributed by atoms with E-state index in [1.54, 1.807) is 0 Å². The molecule has 0 amide bonds. The van der Waals surface area contributed by atoms with Crippen LogP contribution in [0.3, 0.4) is 0 Å². The zero-order valence-corrected chi connectivity index (χ0v) is 9.44. The van der Waals surface area contributed by atoms with Crippen molar-refractivity contribution in [2.75, 3.05) is 0 Å². The molecule has 0 aromatic carbocycles. The van der Waals surface area contributed by atoms with E-state index in [1.807, 2.05) is 12.2 Å². The van der Waals surface area contributed by atoms with Crippen molar-refractivity contribution in [3.63, 3.8) is 0 Å². The van der Waals surface area contributed by atoms with Crippen LogP contribution in [0.15, 0.2) is 44.0 Å². The summed E-state index contributed by atoms with van der Waals surface area (Å²) in [5.74, 6) is 0. The molecule has 0 aliphatic carbocycles. The molecule has 0 fully saturated rings. The summed E-state index contributed by atoms with van der Waals surface area (Å²) >= 11 is 0. The SMILES string of the molecule is C=CCCCn1cc[n+](CCCC=C)c1. The highest BCUT2D eigenvalue weighted by molar-refractivity contribution is 4.70. The quantitative estimate of drug-likeness (QED) is 0.350. The van der Waals surface area contributed by atoms with Crippen LogP contribution in [-0.2, 0) is 13.1 Å². The monoisotopic (exact) mass is 205 g/mol. The third-order valence-electron chi connectivity index (χ3n) is 2.40. The molecule has 0 bridgehead atoms. The maximum absolute atomic E-state index is 3.72. The molecule has 15 heavy (non-hydrogen) atoms. The van der Waals surface area contributed by atoms with Gasteiger partial charge in [0.25, 0.3) is 0 Å². The van der Waals surface area contributed by atoms with Crippen LogP contribution in [0.5, 0.6) is 0 Å². The van der Waals surface area contributed by atoms with Crippen LogP contribution in [0.2, 0.25) is 0 Å². The third kappa shape index (κ3) is 4.63. The van der Waals surface area contributed by atoms with Crippen molar-refractivity contribution in [2.45, 2.75) is 38.8 Å². The Morgan fingerprint density at radius 3 is 2.60 bits per heavy atom. The molecule has 1 aromatic heterocycles. The Bertz CT molecular complexity index is 271. The second-order valence-corrected chi connectivity index (χ2v) is 3.75. The first-order valence-electron chi connectivity index (χ1n) is 5.63. The number of aromatic nitrogens is 2. The molecule has 0 aliphatic rings. The summed E-state index contributed by atoms with van der Waals surface area (Å²) < 4.78 is 4.47. The smallest absolute Gasteiger partial charge is 0.237 e. The zero-order valence-electron chi connectivity index (χ0n) is 9.44. The van der Waals surface area contributed by atoms with Crippen molar-refractivity contribution >= 4 is 0 Å². The number of hydrogen-bond acceptors (Lipinski definition) is 0. The standard InChI is InChI=1S/C13H21N2/c1-3-5-7-9-14-11-12-15(13-14)10-8-6-4-2/h3-4,11-13H,1-2,5-10H2/q+1. The molecule has 1 heterocycles. The van der Waals surface area contributed by atoms with Gasteiger partial charge in [0.05, 0.1) is 13.1 Å². The topological polar surface area (TPSA) is 8.81 Å². The van der Waals surface area contributed by atoms with E-state index in [0.29, 0.717) is 0 Å². The molecule has 0 aliphatic heterocycles. The predicted octanol–water partition coefficient (Wildman–Crippen LogP) is 2.71. The van der Waals surface area contributed by atoms with Gasteiger partial charge >= 0.3 is 0 Å². The fraction of sp³-hybridized carbons (Fsp3) is 0.462. The molecule has 0 spiro atoms. The highest BCUT2D eigenvalue weighted by atomic mass is 15.1. The third-order valence-corrected chi connectivity index (χ3v) is 2.40. The van der Waals surface area contributed by atoms with Crippen LogP contribution in [0, 0.1) is 0 Å². The number of rotatable bonds is 8. The van der Waals surface area contributed by atoms with Gasteiger partial charge in [-0.05, 0) is 25.7 Å². The minimum absolute atomic E-state index is 1.08. The Balaban J connectivity index is 2.28. The molecule has 0 unspecified atom stereocenters. The molecule has 0 atom stereocenters. The summed E-state index contributed by atoms with van der Waals surface area (Å²) in [5.41, 5.74) is 0. The number of hydrogen-bond donors (Lipinski definition) is 0. The second kappa shape index (κ2) is 7.04. The van der Waals surface area contributed by atoms with Gasteiger partial charge in [-0.3, -0.25) is 0 Å². The van der Waals surface area contributed by atoms with E-state index < -0.39 is 0 Å². The van der Waals surface area contributed by atoms with Crippen LogP contribution < -0.4 is 4.57 Å². The fourth-order valence-corrected chi connectivity index (χ4v) is 1.54. The molecule has 2 heteroatoms. The largest absolute Gasteiger partial charge is 0.243 e. The lowest BCUT2D eigenvalue weighted by atomic mass is 10.3. The summed E-state index contributed by atoms with van der Waals surface area (Å²) in [6.45, 7) is 9.61. The van der Waals surface area contributed by atoms with E-state index >= 15 is 0 Å². The highest BCUT2D eigenvalue weighted by Crippen LogP contribution is 1.95. The summed E-state index contributed by atoms with van der Waals surface area (Å²) in [6, 6.07) is 0. The first-order valence-corrected chi connectivity index (χ1v) is 5.63. The Hall–Kier alpha value is -1.31. The second-order valence-electron chi connectivity index (χ2n) is 3.75. The maximum Gasteiger partial charge on any atom is 0.243 e. The van der Waals surface area contributed by atoms with Gasteiger partial charge in [-0.25, -0.2) is 9.13 Å². The molecule has 0 N–H and O–H groups in total. The van der Waals surface area contributed by atoms with Gasteiger partial charge in [-0.15, -0.1) is 13.2 Å². The van der Waals surface area contributed by atoms with Crippen LogP contribution >= 0.6 is 0 Å². The minimum atomic E-state index is 1.08. The maximum atomic E-state index is 3.72. The predicted molar refractivity (Wildman–Crippen MR) is 63.5 cm³/mol. The van der Waals surface area contributed by atoms with E-state index in [2.05, 4.69) is 41.0 Å². The average Bonchev–Trinajstić information content (AvgIpc) is 2.67. The first kappa shape index (κ1) is 11.8. The normalized spacial score (nSPS) is 10.1. The number of allylic oxidation sites excluding steroid dienone is 2. The Labute approximate surface area is 92.6 Å². The van der Waals surface area contributed by atoms with Crippen molar-refractivity contribution in [2.24, 2.45) is 0 Å². The Morgan fingerprint density at radius 2 is 1.87 bits per heavy atom. The van der Waals surface area contributed by atoms with Crippen molar-refractivity contribution in [3.8, 4) is 0 Å². The van der Waals surface area contributed by atoms with E-state index in [0.717, 1.165) is 25.9 Å². The molecular weight excluding hydrogens is 184 g/mol. The van der Waals surface area contributed by atoms with Crippen LogP contribution in [0.1, 0.15) is 25.7 Å². The molecule has 82 valence electrons. The molecular formula is C13H21N2+. The van der Waals surface area contributed by atoms with E-state index in [1.165, 1.54) is 12.8 Å². The van der Waals surface area contributed by atoms with E-state index in [9.17, 15) is 0 Å². The molecule has 1 rings (SSSR count). The van der Waals surface area contributed by atoms with Crippen molar-refractivity contribution in [3.05, 3.63) is 44.0 Å². The van der Waals surface area contributed by atoms with Gasteiger partial charge in [-0.2, -0.15) is 0 Å². The number of unbranched alkanes of at least 4 members (excludes halogenated alkanes) is 2. The molecule has 0 saturated carbocycles. The summed E-state index contributed by atoms with van der Waals surface area (Å²) in [7, 11) is 0. The summed E-state index contributed by atoms with van der Waals surface area (Å²) in [5, 5.41) is 0.